The molecule has 0 aliphatic rings. The molecule has 1 unspecified atom stereocenters. The highest BCUT2D eigenvalue weighted by atomic mass is 79.9. The van der Waals surface area contributed by atoms with Gasteiger partial charge in [-0.1, -0.05) is 112 Å². The van der Waals surface area contributed by atoms with Gasteiger partial charge >= 0.3 is 5.97 Å². The van der Waals surface area contributed by atoms with Crippen LogP contribution in [-0.4, -0.2) is 17.4 Å². The summed E-state index contributed by atoms with van der Waals surface area (Å²) in [4.78, 5) is 12.8. The number of carbonyl (C=O) groups is 1. The molecule has 40 heavy (non-hydrogen) atoms. The van der Waals surface area contributed by atoms with Gasteiger partial charge in [-0.25, -0.2) is 0 Å². The second kappa shape index (κ2) is 32.7. The van der Waals surface area contributed by atoms with Gasteiger partial charge in [-0.05, 0) is 115 Å². The molecule has 0 aromatic heterocycles. The second-order valence-electron chi connectivity index (χ2n) is 11.6. The molecule has 0 bridgehead atoms. The van der Waals surface area contributed by atoms with E-state index < -0.39 is 0 Å². The Balaban J connectivity index is 5.05. The number of halogens is 1. The van der Waals surface area contributed by atoms with Crippen molar-refractivity contribution in [1.29, 1.82) is 0 Å². The number of hydrogen-bond donors (Lipinski definition) is 0. The number of esters is 1. The van der Waals surface area contributed by atoms with Gasteiger partial charge < -0.3 is 4.74 Å². The number of unbranched alkanes of at least 4 members (excludes halogenated alkanes) is 13. The molecule has 0 saturated heterocycles. The van der Waals surface area contributed by atoms with Crippen LogP contribution in [0.2, 0.25) is 0 Å². The van der Waals surface area contributed by atoms with Crippen LogP contribution in [0.5, 0.6) is 0 Å². The van der Waals surface area contributed by atoms with Gasteiger partial charge in [0.1, 0.15) is 6.10 Å². The second-order valence-corrected chi connectivity index (χ2v) is 12.4. The van der Waals surface area contributed by atoms with E-state index in [9.17, 15) is 4.79 Å². The molecule has 2 nitrogen and oxygen atoms in total. The van der Waals surface area contributed by atoms with Gasteiger partial charge in [0, 0.05) is 11.8 Å². The first kappa shape index (κ1) is 39.2. The Morgan fingerprint density at radius 3 is 1.35 bits per heavy atom. The van der Waals surface area contributed by atoms with Crippen molar-refractivity contribution >= 4 is 21.9 Å². The quantitative estimate of drug-likeness (QED) is 0.0344. The SMILES string of the molecule is CCCCCC=CCCCC(CCCC=CCCCCC)C(CCCC=CCCCCC)OC(=O)CCCCBr. The van der Waals surface area contributed by atoms with Gasteiger partial charge in [0.15, 0.2) is 0 Å². The van der Waals surface area contributed by atoms with Crippen molar-refractivity contribution in [3.8, 4) is 0 Å². The third-order valence-corrected chi connectivity index (χ3v) is 8.31. The van der Waals surface area contributed by atoms with Crippen molar-refractivity contribution in [1.82, 2.24) is 0 Å². The predicted octanol–water partition coefficient (Wildman–Crippen LogP) is 13.0. The Labute approximate surface area is 259 Å². The van der Waals surface area contributed by atoms with Crippen LogP contribution in [0.25, 0.3) is 0 Å². The first-order chi connectivity index (χ1) is 19.7. The van der Waals surface area contributed by atoms with Crippen molar-refractivity contribution in [2.24, 2.45) is 5.92 Å². The fourth-order valence-electron chi connectivity index (χ4n) is 5.17. The van der Waals surface area contributed by atoms with Crippen molar-refractivity contribution in [3.05, 3.63) is 36.5 Å². The van der Waals surface area contributed by atoms with Crippen LogP contribution in [-0.2, 0) is 9.53 Å². The molecule has 0 aromatic carbocycles. The normalized spacial score (nSPS) is 13.6. The predicted molar refractivity (Wildman–Crippen MR) is 182 cm³/mol. The molecule has 0 rings (SSSR count). The lowest BCUT2D eigenvalue weighted by Crippen LogP contribution is -2.27. The standard InChI is InChI=1S/C37H67BrO2/c1-4-7-10-13-16-19-22-25-30-35(31-26-23-20-17-14-11-8-5-2)36(40-37(39)33-28-29-34-38)32-27-24-21-18-15-12-9-6-3/h16-21,35-36H,4-15,22-34H2,1-3H3. The minimum absolute atomic E-state index is 0.0118. The summed E-state index contributed by atoms with van der Waals surface area (Å²) in [7, 11) is 0. The van der Waals surface area contributed by atoms with E-state index in [0.29, 0.717) is 12.3 Å². The maximum Gasteiger partial charge on any atom is 0.306 e. The van der Waals surface area contributed by atoms with Gasteiger partial charge in [-0.3, -0.25) is 4.79 Å². The average Bonchev–Trinajstić information content (AvgIpc) is 2.95. The highest BCUT2D eigenvalue weighted by molar-refractivity contribution is 9.09. The summed E-state index contributed by atoms with van der Waals surface area (Å²) in [5, 5.41) is 0.953. The molecule has 0 aromatic rings. The van der Waals surface area contributed by atoms with Crippen LogP contribution in [0.1, 0.15) is 175 Å². The highest BCUT2D eigenvalue weighted by Crippen LogP contribution is 2.27. The molecule has 0 spiro atoms. The van der Waals surface area contributed by atoms with Crippen molar-refractivity contribution in [3.63, 3.8) is 0 Å². The molecule has 0 aliphatic carbocycles. The molecule has 1 atom stereocenters. The molecule has 234 valence electrons. The van der Waals surface area contributed by atoms with E-state index in [1.165, 1.54) is 89.9 Å². The maximum absolute atomic E-state index is 12.8. The number of alkyl halides is 1. The monoisotopic (exact) mass is 622 g/mol. The van der Waals surface area contributed by atoms with Crippen LogP contribution < -0.4 is 0 Å². The third kappa shape index (κ3) is 27.3. The molecule has 0 N–H and O–H groups in total. The first-order valence-electron chi connectivity index (χ1n) is 17.4. The number of hydrogen-bond acceptors (Lipinski definition) is 2. The van der Waals surface area contributed by atoms with Crippen LogP contribution in [0.4, 0.5) is 0 Å². The van der Waals surface area contributed by atoms with Crippen molar-refractivity contribution < 1.29 is 9.53 Å². The van der Waals surface area contributed by atoms with E-state index in [0.717, 1.165) is 63.1 Å². The van der Waals surface area contributed by atoms with E-state index in [2.05, 4.69) is 73.2 Å². The minimum atomic E-state index is 0.0118. The molecule has 0 aliphatic heterocycles. The molecule has 0 heterocycles. The Morgan fingerprint density at radius 1 is 0.550 bits per heavy atom. The number of carbonyl (C=O) groups excluding carboxylic acids is 1. The summed E-state index contributed by atoms with van der Waals surface area (Å²) in [6, 6.07) is 0. The first-order valence-corrected chi connectivity index (χ1v) is 18.5. The van der Waals surface area contributed by atoms with E-state index >= 15 is 0 Å². The largest absolute Gasteiger partial charge is 0.462 e. The summed E-state index contributed by atoms with van der Waals surface area (Å²) in [5.74, 6) is 0.480. The Bertz CT molecular complexity index is 583. The summed E-state index contributed by atoms with van der Waals surface area (Å²) >= 11 is 3.49. The van der Waals surface area contributed by atoms with Gasteiger partial charge in [-0.2, -0.15) is 0 Å². The van der Waals surface area contributed by atoms with E-state index in [1.54, 1.807) is 0 Å². The molecule has 0 radical (unpaired) electrons. The number of rotatable bonds is 30. The topological polar surface area (TPSA) is 26.3 Å². The minimum Gasteiger partial charge on any atom is -0.462 e. The Kier molecular flexibility index (Phi) is 32.0. The summed E-state index contributed by atoms with van der Waals surface area (Å²) in [6.45, 7) is 6.79. The van der Waals surface area contributed by atoms with Gasteiger partial charge in [0.2, 0.25) is 0 Å². The molecule has 0 saturated carbocycles. The highest BCUT2D eigenvalue weighted by Gasteiger charge is 2.24. The van der Waals surface area contributed by atoms with Gasteiger partial charge in [0.05, 0.1) is 0 Å². The lowest BCUT2D eigenvalue weighted by atomic mass is 9.87. The van der Waals surface area contributed by atoms with Crippen molar-refractivity contribution in [2.45, 2.75) is 181 Å². The molecular formula is C37H67BrO2. The van der Waals surface area contributed by atoms with Gasteiger partial charge in [0.25, 0.3) is 0 Å². The third-order valence-electron chi connectivity index (χ3n) is 7.75. The van der Waals surface area contributed by atoms with E-state index in [4.69, 9.17) is 4.74 Å². The molecular weight excluding hydrogens is 556 g/mol. The zero-order chi connectivity index (χ0) is 29.4. The average molecular weight is 624 g/mol. The van der Waals surface area contributed by atoms with E-state index in [1.807, 2.05) is 0 Å². The Morgan fingerprint density at radius 2 is 0.950 bits per heavy atom. The van der Waals surface area contributed by atoms with Crippen LogP contribution >= 0.6 is 15.9 Å². The summed E-state index contributed by atoms with van der Waals surface area (Å²) in [6.07, 6.45) is 42.3. The van der Waals surface area contributed by atoms with Crippen LogP contribution in [0.3, 0.4) is 0 Å². The summed E-state index contributed by atoms with van der Waals surface area (Å²) in [5.41, 5.74) is 0. The number of ether oxygens (including phenoxy) is 1. The zero-order valence-electron chi connectivity index (χ0n) is 27.0. The van der Waals surface area contributed by atoms with Crippen LogP contribution in [0, 0.1) is 5.92 Å². The lowest BCUT2D eigenvalue weighted by Gasteiger charge is -2.27. The molecule has 0 fully saturated rings. The molecule has 3 heteroatoms. The maximum atomic E-state index is 12.8. The fraction of sp³-hybridized carbons (Fsp3) is 0.811. The lowest BCUT2D eigenvalue weighted by molar-refractivity contribution is -0.152. The molecule has 0 amide bonds. The Hall–Kier alpha value is -0.830. The van der Waals surface area contributed by atoms with Gasteiger partial charge in [-0.15, -0.1) is 0 Å². The summed E-state index contributed by atoms with van der Waals surface area (Å²) < 4.78 is 6.25. The van der Waals surface area contributed by atoms with Crippen molar-refractivity contribution in [2.75, 3.05) is 5.33 Å². The smallest absolute Gasteiger partial charge is 0.306 e. The fourth-order valence-corrected chi connectivity index (χ4v) is 5.57. The van der Waals surface area contributed by atoms with E-state index in [-0.39, 0.29) is 12.1 Å². The number of allylic oxidation sites excluding steroid dienone is 6. The van der Waals surface area contributed by atoms with Crippen LogP contribution in [0.15, 0.2) is 36.5 Å². The zero-order valence-corrected chi connectivity index (χ0v) is 28.6.